The van der Waals surface area contributed by atoms with Gasteiger partial charge >= 0.3 is 0 Å². The zero-order valence-corrected chi connectivity index (χ0v) is 12.7. The van der Waals surface area contributed by atoms with Gasteiger partial charge in [-0.05, 0) is 52.8 Å². The summed E-state index contributed by atoms with van der Waals surface area (Å²) in [6.07, 6.45) is 2.44. The maximum absolute atomic E-state index is 13.5. The lowest BCUT2D eigenvalue weighted by atomic mass is 10.0. The zero-order valence-electron chi connectivity index (χ0n) is 10.3. The summed E-state index contributed by atoms with van der Waals surface area (Å²) < 4.78 is 14.4. The highest BCUT2D eigenvalue weighted by molar-refractivity contribution is 9.10. The second-order valence-electron chi connectivity index (χ2n) is 4.19. The van der Waals surface area contributed by atoms with Gasteiger partial charge in [0.15, 0.2) is 0 Å². The van der Waals surface area contributed by atoms with Crippen LogP contribution in [-0.4, -0.2) is 12.0 Å². The number of rotatable bonds is 4. The first-order chi connectivity index (χ1) is 9.10. The van der Waals surface area contributed by atoms with Gasteiger partial charge in [0, 0.05) is 28.8 Å². The lowest BCUT2D eigenvalue weighted by Crippen LogP contribution is -2.19. The van der Waals surface area contributed by atoms with Crippen LogP contribution in [0, 0.1) is 5.82 Å². The molecule has 1 N–H and O–H groups in total. The van der Waals surface area contributed by atoms with Crippen molar-refractivity contribution in [2.24, 2.45) is 0 Å². The van der Waals surface area contributed by atoms with Crippen molar-refractivity contribution in [3.63, 3.8) is 0 Å². The van der Waals surface area contributed by atoms with Gasteiger partial charge in [0.25, 0.3) is 0 Å². The van der Waals surface area contributed by atoms with Crippen molar-refractivity contribution in [1.82, 2.24) is 10.3 Å². The Bertz CT molecular complexity index is 560. The lowest BCUT2D eigenvalue weighted by Gasteiger charge is -2.16. The van der Waals surface area contributed by atoms with Crippen LogP contribution in [0.5, 0.6) is 0 Å². The van der Waals surface area contributed by atoms with Gasteiger partial charge in [-0.25, -0.2) is 4.39 Å². The number of benzene rings is 1. The van der Waals surface area contributed by atoms with Crippen LogP contribution in [0.1, 0.15) is 17.3 Å². The van der Waals surface area contributed by atoms with Crippen molar-refractivity contribution in [1.29, 1.82) is 0 Å². The topological polar surface area (TPSA) is 24.9 Å². The zero-order chi connectivity index (χ0) is 13.8. The minimum atomic E-state index is -0.400. The average Bonchev–Trinajstić information content (AvgIpc) is 2.41. The van der Waals surface area contributed by atoms with Gasteiger partial charge in [-0.15, -0.1) is 0 Å². The minimum absolute atomic E-state index is 0.000409. The summed E-state index contributed by atoms with van der Waals surface area (Å²) in [6.45, 7) is 0. The second kappa shape index (κ2) is 6.46. The van der Waals surface area contributed by atoms with E-state index >= 15 is 0 Å². The Hall–Kier alpha value is -0.970. The summed E-state index contributed by atoms with van der Waals surface area (Å²) in [5, 5.41) is 3.31. The van der Waals surface area contributed by atoms with Crippen molar-refractivity contribution in [3.05, 3.63) is 63.1 Å². The van der Waals surface area contributed by atoms with Crippen LogP contribution in [0.4, 0.5) is 4.39 Å². The molecule has 0 amide bonds. The molecule has 0 bridgehead atoms. The second-order valence-corrected chi connectivity index (χ2v) is 5.51. The molecule has 100 valence electrons. The van der Waals surface area contributed by atoms with E-state index in [1.54, 1.807) is 12.3 Å². The van der Waals surface area contributed by atoms with E-state index < -0.39 is 5.82 Å². The van der Waals surface area contributed by atoms with E-state index in [1.807, 2.05) is 25.2 Å². The summed E-state index contributed by atoms with van der Waals surface area (Å²) in [5.41, 5.74) is 1.80. The molecule has 0 aliphatic carbocycles. The number of halogens is 3. The molecule has 1 heterocycles. The van der Waals surface area contributed by atoms with Gasteiger partial charge < -0.3 is 5.32 Å². The van der Waals surface area contributed by atoms with Gasteiger partial charge in [-0.1, -0.05) is 17.7 Å². The van der Waals surface area contributed by atoms with E-state index in [1.165, 1.54) is 6.07 Å². The van der Waals surface area contributed by atoms with Gasteiger partial charge in [0.05, 0.1) is 5.02 Å². The van der Waals surface area contributed by atoms with Crippen molar-refractivity contribution in [2.75, 3.05) is 7.05 Å². The van der Waals surface area contributed by atoms with Crippen LogP contribution in [-0.2, 0) is 6.42 Å². The molecule has 1 atom stereocenters. The molecule has 1 unspecified atom stereocenters. The fourth-order valence-corrected chi connectivity index (χ4v) is 2.20. The first-order valence-corrected chi connectivity index (χ1v) is 7.00. The number of nitrogens with one attached hydrogen (secondary N) is 1. The number of pyridine rings is 1. The number of hydrogen-bond acceptors (Lipinski definition) is 2. The molecular weight excluding hydrogens is 331 g/mol. The van der Waals surface area contributed by atoms with E-state index in [-0.39, 0.29) is 11.1 Å². The fourth-order valence-electron chi connectivity index (χ4n) is 1.85. The molecule has 2 aromatic rings. The Kier molecular flexibility index (Phi) is 4.91. The summed E-state index contributed by atoms with van der Waals surface area (Å²) in [4.78, 5) is 4.32. The Morgan fingerprint density at radius 1 is 1.37 bits per heavy atom. The predicted octanol–water partition coefficient (Wildman–Crippen LogP) is 4.14. The van der Waals surface area contributed by atoms with Crippen molar-refractivity contribution in [2.45, 2.75) is 12.5 Å². The number of aromatic nitrogens is 1. The summed E-state index contributed by atoms with van der Waals surface area (Å²) in [6, 6.07) is 8.75. The fraction of sp³-hybridized carbons (Fsp3) is 0.214. The first-order valence-electron chi connectivity index (χ1n) is 5.83. The van der Waals surface area contributed by atoms with Crippen LogP contribution >= 0.6 is 27.5 Å². The Morgan fingerprint density at radius 2 is 2.16 bits per heavy atom. The largest absolute Gasteiger partial charge is 0.313 e. The predicted molar refractivity (Wildman–Crippen MR) is 78.9 cm³/mol. The van der Waals surface area contributed by atoms with Gasteiger partial charge in [-0.3, -0.25) is 4.98 Å². The monoisotopic (exact) mass is 342 g/mol. The smallest absolute Gasteiger partial charge is 0.142 e. The van der Waals surface area contributed by atoms with E-state index in [9.17, 15) is 4.39 Å². The highest BCUT2D eigenvalue weighted by atomic mass is 79.9. The molecule has 0 aliphatic rings. The lowest BCUT2D eigenvalue weighted by molar-refractivity contribution is 0.572. The van der Waals surface area contributed by atoms with E-state index in [2.05, 4.69) is 26.2 Å². The molecule has 2 rings (SSSR count). The van der Waals surface area contributed by atoms with Crippen LogP contribution < -0.4 is 5.32 Å². The standard InChI is InChI=1S/C14H13BrClFN2/c1-18-14(7-11-4-3-10(15)8-19-11)9-2-5-12(16)13(17)6-9/h2-6,8,14,18H,7H2,1H3. The Balaban J connectivity index is 2.19. The first kappa shape index (κ1) is 14.4. The molecule has 0 spiro atoms. The van der Waals surface area contributed by atoms with Gasteiger partial charge in [0.1, 0.15) is 5.82 Å². The summed E-state index contributed by atoms with van der Waals surface area (Å²) >= 11 is 9.04. The average molecular weight is 344 g/mol. The van der Waals surface area contributed by atoms with Gasteiger partial charge in [0.2, 0.25) is 0 Å². The van der Waals surface area contributed by atoms with Crippen LogP contribution in [0.25, 0.3) is 0 Å². The Labute approximate surface area is 125 Å². The molecule has 0 saturated carbocycles. The van der Waals surface area contributed by atoms with Crippen LogP contribution in [0.3, 0.4) is 0 Å². The van der Waals surface area contributed by atoms with E-state index in [4.69, 9.17) is 11.6 Å². The molecule has 2 nitrogen and oxygen atoms in total. The van der Waals surface area contributed by atoms with Crippen molar-refractivity contribution < 1.29 is 4.39 Å². The van der Waals surface area contributed by atoms with Crippen molar-refractivity contribution in [3.8, 4) is 0 Å². The maximum atomic E-state index is 13.5. The van der Waals surface area contributed by atoms with Gasteiger partial charge in [-0.2, -0.15) is 0 Å². The quantitative estimate of drug-likeness (QED) is 0.902. The van der Waals surface area contributed by atoms with E-state index in [0.717, 1.165) is 15.7 Å². The SMILES string of the molecule is CNC(Cc1ccc(Br)cn1)c1ccc(Cl)c(F)c1. The molecule has 1 aromatic carbocycles. The molecule has 0 radical (unpaired) electrons. The molecule has 5 heteroatoms. The van der Waals surface area contributed by atoms with Crippen molar-refractivity contribution >= 4 is 27.5 Å². The molecular formula is C14H13BrClFN2. The summed E-state index contributed by atoms with van der Waals surface area (Å²) in [7, 11) is 1.84. The minimum Gasteiger partial charge on any atom is -0.313 e. The third kappa shape index (κ3) is 3.75. The third-order valence-electron chi connectivity index (χ3n) is 2.90. The molecule has 0 fully saturated rings. The highest BCUT2D eigenvalue weighted by Gasteiger charge is 2.13. The maximum Gasteiger partial charge on any atom is 0.142 e. The normalized spacial score (nSPS) is 12.4. The van der Waals surface area contributed by atoms with Crippen LogP contribution in [0.15, 0.2) is 41.0 Å². The highest BCUT2D eigenvalue weighted by Crippen LogP contribution is 2.22. The molecule has 19 heavy (non-hydrogen) atoms. The van der Waals surface area contributed by atoms with Crippen LogP contribution in [0.2, 0.25) is 5.02 Å². The van der Waals surface area contributed by atoms with E-state index in [0.29, 0.717) is 6.42 Å². The number of nitrogens with zero attached hydrogens (tertiary/aromatic N) is 1. The molecule has 0 aliphatic heterocycles. The molecule has 0 saturated heterocycles. The summed E-state index contributed by atoms with van der Waals surface area (Å²) in [5.74, 6) is -0.400. The number of likely N-dealkylation sites (N-methyl/N-ethyl adjacent to an activating group) is 1. The number of hydrogen-bond donors (Lipinski definition) is 1. The molecule has 1 aromatic heterocycles. The Morgan fingerprint density at radius 3 is 2.74 bits per heavy atom. The third-order valence-corrected chi connectivity index (χ3v) is 3.67.